The van der Waals surface area contributed by atoms with E-state index in [1.54, 1.807) is 25.1 Å². The fourth-order valence-corrected chi connectivity index (χ4v) is 1.82. The van der Waals surface area contributed by atoms with Gasteiger partial charge >= 0.3 is 0 Å². The number of aromatic hydroxyl groups is 1. The predicted molar refractivity (Wildman–Crippen MR) is 73.4 cm³/mol. The highest BCUT2D eigenvalue weighted by molar-refractivity contribution is 5.87. The number of rotatable bonds is 4. The van der Waals surface area contributed by atoms with Crippen LogP contribution in [0.2, 0.25) is 0 Å². The molecule has 0 unspecified atom stereocenters. The van der Waals surface area contributed by atoms with Crippen LogP contribution in [-0.2, 0) is 16.2 Å². The van der Waals surface area contributed by atoms with Gasteiger partial charge in [0, 0.05) is 6.08 Å². The number of phenols is 1. The summed E-state index contributed by atoms with van der Waals surface area (Å²) in [4.78, 5) is 16.3. The summed E-state index contributed by atoms with van der Waals surface area (Å²) in [5, 5.41) is 11.4. The van der Waals surface area contributed by atoms with Gasteiger partial charge in [0.05, 0.1) is 0 Å². The summed E-state index contributed by atoms with van der Waals surface area (Å²) in [6.45, 7) is 2.00. The van der Waals surface area contributed by atoms with Crippen molar-refractivity contribution in [1.29, 1.82) is 0 Å². The summed E-state index contributed by atoms with van der Waals surface area (Å²) < 4.78 is 0. The van der Waals surface area contributed by atoms with Gasteiger partial charge in [0.2, 0.25) is 0 Å². The van der Waals surface area contributed by atoms with Crippen molar-refractivity contribution >= 4 is 16.7 Å². The van der Waals surface area contributed by atoms with Gasteiger partial charge in [-0.15, -0.1) is 0 Å². The molecule has 0 atom stereocenters. The second-order valence-electron chi connectivity index (χ2n) is 4.08. The maximum atomic E-state index is 11.2. The van der Waals surface area contributed by atoms with Crippen LogP contribution in [0.15, 0.2) is 48.6 Å². The summed E-state index contributed by atoms with van der Waals surface area (Å²) in [6.07, 6.45) is 3.02. The zero-order valence-electron chi connectivity index (χ0n) is 10.6. The molecule has 2 aromatic carbocycles. The fourth-order valence-electron chi connectivity index (χ4n) is 1.82. The molecule has 19 heavy (non-hydrogen) atoms. The molecule has 0 aliphatic carbocycles. The molecule has 0 spiro atoms. The van der Waals surface area contributed by atoms with Crippen molar-refractivity contribution in [2.75, 3.05) is 0 Å². The van der Waals surface area contributed by atoms with Gasteiger partial charge in [0.25, 0.3) is 5.91 Å². The number of carbonyl (C=O) groups excluding carboxylic acids is 1. The first-order chi connectivity index (χ1) is 9.20. The smallest absolute Gasteiger partial charge is 0.267 e. The van der Waals surface area contributed by atoms with Crippen molar-refractivity contribution in [3.8, 4) is 5.75 Å². The molecule has 0 saturated heterocycles. The summed E-state index contributed by atoms with van der Waals surface area (Å²) in [5.41, 5.74) is 3.22. The third-order valence-electron chi connectivity index (χ3n) is 2.67. The van der Waals surface area contributed by atoms with E-state index in [9.17, 15) is 9.90 Å². The molecule has 0 fully saturated rings. The minimum absolute atomic E-state index is 0.206. The average molecular weight is 257 g/mol. The van der Waals surface area contributed by atoms with E-state index in [1.165, 1.54) is 6.08 Å². The van der Waals surface area contributed by atoms with Crippen LogP contribution >= 0.6 is 0 Å². The lowest BCUT2D eigenvalue weighted by atomic mass is 10.0. The topological polar surface area (TPSA) is 58.6 Å². The first-order valence-corrected chi connectivity index (χ1v) is 5.96. The molecule has 4 heteroatoms. The second kappa shape index (κ2) is 6.02. The van der Waals surface area contributed by atoms with E-state index >= 15 is 0 Å². The van der Waals surface area contributed by atoms with Crippen LogP contribution in [0.5, 0.6) is 5.75 Å². The summed E-state index contributed by atoms with van der Waals surface area (Å²) in [6, 6.07) is 10.9. The van der Waals surface area contributed by atoms with Crippen molar-refractivity contribution in [3.05, 3.63) is 54.1 Å². The Morgan fingerprint density at radius 3 is 3.00 bits per heavy atom. The second-order valence-corrected chi connectivity index (χ2v) is 4.08. The number of carbonyl (C=O) groups is 1. The van der Waals surface area contributed by atoms with Crippen LogP contribution in [0.1, 0.15) is 12.5 Å². The molecule has 0 aliphatic heterocycles. The maximum Gasteiger partial charge on any atom is 0.267 e. The summed E-state index contributed by atoms with van der Waals surface area (Å²) >= 11 is 0. The van der Waals surface area contributed by atoms with E-state index in [2.05, 4.69) is 5.48 Å². The molecule has 98 valence electrons. The Morgan fingerprint density at radius 2 is 2.21 bits per heavy atom. The largest absolute Gasteiger partial charge is 0.508 e. The fraction of sp³-hybridized carbons (Fsp3) is 0.133. The molecule has 0 saturated carbocycles. The molecule has 2 N–H and O–H groups in total. The van der Waals surface area contributed by atoms with Crippen LogP contribution in [0, 0.1) is 0 Å². The van der Waals surface area contributed by atoms with Gasteiger partial charge in [-0.2, -0.15) is 0 Å². The van der Waals surface area contributed by atoms with E-state index in [1.807, 2.05) is 24.3 Å². The van der Waals surface area contributed by atoms with Crippen molar-refractivity contribution in [3.63, 3.8) is 0 Å². The summed E-state index contributed by atoms with van der Waals surface area (Å²) in [7, 11) is 0. The minimum Gasteiger partial charge on any atom is -0.508 e. The van der Waals surface area contributed by atoms with Crippen LogP contribution < -0.4 is 5.48 Å². The number of hydrogen-bond donors (Lipinski definition) is 2. The lowest BCUT2D eigenvalue weighted by molar-refractivity contribution is -0.129. The van der Waals surface area contributed by atoms with Crippen LogP contribution in [0.3, 0.4) is 0 Å². The molecule has 0 bridgehead atoms. The average Bonchev–Trinajstić information content (AvgIpc) is 2.39. The van der Waals surface area contributed by atoms with E-state index in [4.69, 9.17) is 4.84 Å². The number of phenolic OH excluding ortho intramolecular Hbond substituents is 1. The molecule has 0 radical (unpaired) electrons. The van der Waals surface area contributed by atoms with Gasteiger partial charge in [0.15, 0.2) is 0 Å². The van der Waals surface area contributed by atoms with Gasteiger partial charge < -0.3 is 5.11 Å². The molecule has 0 aliphatic rings. The van der Waals surface area contributed by atoms with E-state index < -0.39 is 0 Å². The summed E-state index contributed by atoms with van der Waals surface area (Å²) in [5.74, 6) is -0.0940. The molecule has 0 heterocycles. The van der Waals surface area contributed by atoms with Crippen molar-refractivity contribution in [2.45, 2.75) is 13.5 Å². The number of hydrogen-bond acceptors (Lipinski definition) is 3. The highest BCUT2D eigenvalue weighted by Crippen LogP contribution is 2.23. The van der Waals surface area contributed by atoms with E-state index in [-0.39, 0.29) is 18.3 Å². The number of nitrogens with one attached hydrogen (secondary N) is 1. The van der Waals surface area contributed by atoms with E-state index in [0.29, 0.717) is 0 Å². The highest BCUT2D eigenvalue weighted by atomic mass is 16.6. The normalized spacial score (nSPS) is 11.0. The number of allylic oxidation sites excluding steroid dienone is 1. The lowest BCUT2D eigenvalue weighted by Crippen LogP contribution is -2.21. The van der Waals surface area contributed by atoms with Crippen LogP contribution in [0.4, 0.5) is 0 Å². The molecular formula is C15H15NO3. The molecule has 4 nitrogen and oxygen atoms in total. The Kier molecular flexibility index (Phi) is 4.15. The quantitative estimate of drug-likeness (QED) is 0.654. The van der Waals surface area contributed by atoms with Crippen LogP contribution in [-0.4, -0.2) is 11.0 Å². The minimum atomic E-state index is -0.300. The van der Waals surface area contributed by atoms with Crippen molar-refractivity contribution < 1.29 is 14.7 Å². The molecule has 2 rings (SSSR count). The van der Waals surface area contributed by atoms with Gasteiger partial charge in [-0.05, 0) is 35.4 Å². The first kappa shape index (κ1) is 13.1. The zero-order chi connectivity index (χ0) is 13.7. The molecule has 1 amide bonds. The molecular weight excluding hydrogens is 242 g/mol. The lowest BCUT2D eigenvalue weighted by Gasteiger charge is -2.08. The predicted octanol–water partition coefficient (Wildman–Crippen LogP) is 2.67. The Balaban J connectivity index is 2.12. The Hall–Kier alpha value is -2.33. The number of benzene rings is 2. The van der Waals surface area contributed by atoms with E-state index in [0.717, 1.165) is 16.3 Å². The van der Waals surface area contributed by atoms with Gasteiger partial charge in [-0.3, -0.25) is 9.63 Å². The number of fused-ring (bicyclic) bond motifs is 1. The van der Waals surface area contributed by atoms with Gasteiger partial charge in [-0.1, -0.05) is 30.3 Å². The van der Waals surface area contributed by atoms with Gasteiger partial charge in [-0.25, -0.2) is 5.48 Å². The van der Waals surface area contributed by atoms with Crippen molar-refractivity contribution in [1.82, 2.24) is 5.48 Å². The third kappa shape index (κ3) is 3.33. The maximum absolute atomic E-state index is 11.2. The highest BCUT2D eigenvalue weighted by Gasteiger charge is 2.03. The third-order valence-corrected chi connectivity index (χ3v) is 2.67. The van der Waals surface area contributed by atoms with Crippen LogP contribution in [0.25, 0.3) is 10.8 Å². The monoisotopic (exact) mass is 257 g/mol. The molecule has 0 aromatic heterocycles. The number of amides is 1. The van der Waals surface area contributed by atoms with Crippen molar-refractivity contribution in [2.24, 2.45) is 0 Å². The Morgan fingerprint density at radius 1 is 1.37 bits per heavy atom. The Bertz CT molecular complexity index is 620. The number of hydroxylamine groups is 1. The SMILES string of the molecule is C/C=C/C(=O)NOCc1cccc2ccc(O)cc12. The standard InChI is InChI=1S/C15H15NO3/c1-2-4-15(18)16-19-10-12-6-3-5-11-7-8-13(17)9-14(11)12/h2-9,17H,10H2,1H3,(H,16,18)/b4-2+. The molecule has 2 aromatic rings. The zero-order valence-corrected chi connectivity index (χ0v) is 10.6. The Labute approximate surface area is 111 Å². The first-order valence-electron chi connectivity index (χ1n) is 5.96. The van der Waals surface area contributed by atoms with Gasteiger partial charge in [0.1, 0.15) is 12.4 Å².